The van der Waals surface area contributed by atoms with Gasteiger partial charge in [0.1, 0.15) is 18.5 Å². The largest absolute Gasteiger partial charge is 0.491 e. The highest BCUT2D eigenvalue weighted by Crippen LogP contribution is 2.17. The zero-order chi connectivity index (χ0) is 15.0. The van der Waals surface area contributed by atoms with E-state index in [1.54, 1.807) is 31.2 Å². The minimum atomic E-state index is -0.734. The molecule has 0 fully saturated rings. The maximum Gasteiger partial charge on any atom is 0.120 e. The molecule has 0 spiro atoms. The van der Waals surface area contributed by atoms with E-state index >= 15 is 0 Å². The first-order valence-corrected chi connectivity index (χ1v) is 7.30. The molecule has 0 bridgehead atoms. The van der Waals surface area contributed by atoms with Gasteiger partial charge in [-0.15, -0.1) is 0 Å². The molecular formula is C15H24ClNO3. The van der Waals surface area contributed by atoms with Gasteiger partial charge in [0, 0.05) is 18.1 Å². The van der Waals surface area contributed by atoms with Crippen molar-refractivity contribution in [3.8, 4) is 5.75 Å². The molecule has 5 heteroatoms. The first-order valence-electron chi connectivity index (χ1n) is 6.92. The van der Waals surface area contributed by atoms with E-state index in [4.69, 9.17) is 16.3 Å². The second-order valence-electron chi connectivity index (χ2n) is 5.30. The molecule has 4 nitrogen and oxygen atoms in total. The maximum absolute atomic E-state index is 9.98. The minimum absolute atomic E-state index is 0.184. The Labute approximate surface area is 125 Å². The lowest BCUT2D eigenvalue weighted by molar-refractivity contribution is 0.0427. The number of halogens is 1. The summed E-state index contributed by atoms with van der Waals surface area (Å²) in [5.74, 6) is 0.634. The smallest absolute Gasteiger partial charge is 0.120 e. The van der Waals surface area contributed by atoms with Gasteiger partial charge in [0.05, 0.1) is 5.60 Å². The van der Waals surface area contributed by atoms with Gasteiger partial charge in [-0.25, -0.2) is 0 Å². The first kappa shape index (κ1) is 17.2. The van der Waals surface area contributed by atoms with E-state index in [2.05, 4.69) is 5.32 Å². The van der Waals surface area contributed by atoms with Crippen molar-refractivity contribution in [3.63, 3.8) is 0 Å². The average Bonchev–Trinajstić information content (AvgIpc) is 2.36. The lowest BCUT2D eigenvalue weighted by Gasteiger charge is -2.24. The van der Waals surface area contributed by atoms with Gasteiger partial charge in [-0.3, -0.25) is 0 Å². The van der Waals surface area contributed by atoms with Crippen LogP contribution in [-0.4, -0.2) is 41.6 Å². The zero-order valence-electron chi connectivity index (χ0n) is 12.1. The Morgan fingerprint density at radius 2 is 2.20 bits per heavy atom. The van der Waals surface area contributed by atoms with Crippen LogP contribution < -0.4 is 10.1 Å². The molecule has 0 aromatic heterocycles. The lowest BCUT2D eigenvalue weighted by Crippen LogP contribution is -2.41. The molecule has 20 heavy (non-hydrogen) atoms. The van der Waals surface area contributed by atoms with Crippen molar-refractivity contribution in [3.05, 3.63) is 29.3 Å². The number of nitrogens with one attached hydrogen (secondary N) is 1. The molecule has 0 saturated carbocycles. The predicted octanol–water partition coefficient (Wildman–Crippen LogP) is 2.22. The van der Waals surface area contributed by atoms with Crippen LogP contribution in [0.2, 0.25) is 5.02 Å². The molecule has 2 unspecified atom stereocenters. The molecule has 0 aliphatic carbocycles. The Morgan fingerprint density at radius 3 is 2.85 bits per heavy atom. The highest BCUT2D eigenvalue weighted by atomic mass is 35.5. The van der Waals surface area contributed by atoms with Crippen molar-refractivity contribution in [1.29, 1.82) is 0 Å². The molecule has 1 rings (SSSR count). The number of aliphatic hydroxyl groups excluding tert-OH is 1. The van der Waals surface area contributed by atoms with Crippen LogP contribution in [0.25, 0.3) is 0 Å². The maximum atomic E-state index is 9.98. The van der Waals surface area contributed by atoms with E-state index in [1.165, 1.54) is 0 Å². The summed E-state index contributed by atoms with van der Waals surface area (Å²) in [5.41, 5.74) is -0.734. The van der Waals surface area contributed by atoms with Crippen molar-refractivity contribution in [1.82, 2.24) is 5.32 Å². The SMILES string of the molecule is CCCC(C)(O)CNCC(O)COc1cccc(Cl)c1. The average molecular weight is 302 g/mol. The van der Waals surface area contributed by atoms with Crippen LogP contribution in [0.3, 0.4) is 0 Å². The Hall–Kier alpha value is -0.810. The van der Waals surface area contributed by atoms with Crippen LogP contribution in [0.15, 0.2) is 24.3 Å². The summed E-state index contributed by atoms with van der Waals surface area (Å²) in [6, 6.07) is 7.05. The van der Waals surface area contributed by atoms with Gasteiger partial charge in [-0.05, 0) is 31.5 Å². The summed E-state index contributed by atoms with van der Waals surface area (Å²) in [6.45, 7) is 4.83. The molecule has 0 radical (unpaired) electrons. The molecular weight excluding hydrogens is 278 g/mol. The third kappa shape index (κ3) is 7.10. The summed E-state index contributed by atoms with van der Waals surface area (Å²) < 4.78 is 5.44. The van der Waals surface area contributed by atoms with Gasteiger partial charge >= 0.3 is 0 Å². The van der Waals surface area contributed by atoms with Crippen LogP contribution >= 0.6 is 11.6 Å². The fourth-order valence-corrected chi connectivity index (χ4v) is 2.12. The lowest BCUT2D eigenvalue weighted by atomic mass is 10.0. The number of hydrogen-bond donors (Lipinski definition) is 3. The van der Waals surface area contributed by atoms with E-state index in [1.807, 2.05) is 6.92 Å². The Morgan fingerprint density at radius 1 is 1.45 bits per heavy atom. The topological polar surface area (TPSA) is 61.7 Å². The van der Waals surface area contributed by atoms with Crippen LogP contribution in [0.1, 0.15) is 26.7 Å². The van der Waals surface area contributed by atoms with Crippen molar-refractivity contribution in [2.45, 2.75) is 38.4 Å². The molecule has 114 valence electrons. The predicted molar refractivity (Wildman–Crippen MR) is 81.4 cm³/mol. The van der Waals surface area contributed by atoms with E-state index < -0.39 is 11.7 Å². The zero-order valence-corrected chi connectivity index (χ0v) is 12.9. The van der Waals surface area contributed by atoms with Crippen molar-refractivity contribution in [2.75, 3.05) is 19.7 Å². The van der Waals surface area contributed by atoms with E-state index in [0.29, 0.717) is 23.9 Å². The Bertz CT molecular complexity index is 398. The van der Waals surface area contributed by atoms with Crippen molar-refractivity contribution in [2.24, 2.45) is 0 Å². The van der Waals surface area contributed by atoms with Gasteiger partial charge in [0.2, 0.25) is 0 Å². The Kier molecular flexibility index (Phi) is 7.30. The number of ether oxygens (including phenoxy) is 1. The first-order chi connectivity index (χ1) is 9.43. The fourth-order valence-electron chi connectivity index (χ4n) is 1.94. The molecule has 0 heterocycles. The molecule has 2 atom stereocenters. The number of hydrogen-bond acceptors (Lipinski definition) is 4. The molecule has 0 aliphatic rings. The summed E-state index contributed by atoms with van der Waals surface area (Å²) in [5, 5.41) is 23.4. The molecule has 1 aromatic carbocycles. The Balaban J connectivity index is 2.22. The van der Waals surface area contributed by atoms with Gasteiger partial charge in [-0.1, -0.05) is 31.0 Å². The number of aliphatic hydroxyl groups is 2. The van der Waals surface area contributed by atoms with Crippen LogP contribution in [0.4, 0.5) is 0 Å². The molecule has 0 amide bonds. The van der Waals surface area contributed by atoms with Crippen LogP contribution in [0.5, 0.6) is 5.75 Å². The van der Waals surface area contributed by atoms with Gasteiger partial charge in [0.25, 0.3) is 0 Å². The van der Waals surface area contributed by atoms with E-state index in [0.717, 1.165) is 12.8 Å². The van der Waals surface area contributed by atoms with Crippen molar-refractivity contribution >= 4 is 11.6 Å². The number of rotatable bonds is 9. The standard InChI is InChI=1S/C15H24ClNO3/c1-3-7-15(2,19)11-17-9-13(18)10-20-14-6-4-5-12(16)8-14/h4-6,8,13,17-19H,3,7,9-11H2,1-2H3. The fraction of sp³-hybridized carbons (Fsp3) is 0.600. The highest BCUT2D eigenvalue weighted by Gasteiger charge is 2.18. The third-order valence-electron chi connectivity index (χ3n) is 2.91. The monoisotopic (exact) mass is 301 g/mol. The quantitative estimate of drug-likeness (QED) is 0.654. The van der Waals surface area contributed by atoms with Crippen LogP contribution in [0, 0.1) is 0 Å². The van der Waals surface area contributed by atoms with E-state index in [-0.39, 0.29) is 6.61 Å². The molecule has 3 N–H and O–H groups in total. The summed E-state index contributed by atoms with van der Waals surface area (Å²) in [6.07, 6.45) is 1.02. The van der Waals surface area contributed by atoms with Gasteiger partial charge in [0.15, 0.2) is 0 Å². The highest BCUT2D eigenvalue weighted by molar-refractivity contribution is 6.30. The molecule has 0 aliphatic heterocycles. The second kappa shape index (κ2) is 8.47. The molecule has 1 aromatic rings. The third-order valence-corrected chi connectivity index (χ3v) is 3.15. The second-order valence-corrected chi connectivity index (χ2v) is 5.74. The van der Waals surface area contributed by atoms with Gasteiger partial charge < -0.3 is 20.3 Å². The minimum Gasteiger partial charge on any atom is -0.491 e. The number of benzene rings is 1. The summed E-state index contributed by atoms with van der Waals surface area (Å²) in [7, 11) is 0. The molecule has 0 saturated heterocycles. The normalized spacial score (nSPS) is 15.7. The van der Waals surface area contributed by atoms with Gasteiger partial charge in [-0.2, -0.15) is 0 Å². The summed E-state index contributed by atoms with van der Waals surface area (Å²) >= 11 is 5.84. The van der Waals surface area contributed by atoms with Crippen molar-refractivity contribution < 1.29 is 14.9 Å². The van der Waals surface area contributed by atoms with E-state index in [9.17, 15) is 10.2 Å². The summed E-state index contributed by atoms with van der Waals surface area (Å²) in [4.78, 5) is 0. The van der Waals surface area contributed by atoms with Crippen LogP contribution in [-0.2, 0) is 0 Å².